The minimum atomic E-state index is -1.67. The number of aliphatic carboxylic acids is 1. The predicted octanol–water partition coefficient (Wildman–Crippen LogP) is 6.13. The summed E-state index contributed by atoms with van der Waals surface area (Å²) in [6.07, 6.45) is 14.2. The second-order valence-corrected chi connectivity index (χ2v) is 11.1. The van der Waals surface area contributed by atoms with Gasteiger partial charge in [0.25, 0.3) is 0 Å². The number of carboxylic acid groups (broad SMARTS) is 1. The third-order valence-corrected chi connectivity index (χ3v) is 8.05. The van der Waals surface area contributed by atoms with E-state index < -0.39 is 29.9 Å². The zero-order valence-corrected chi connectivity index (χ0v) is 22.5. The van der Waals surface area contributed by atoms with Gasteiger partial charge in [-0.2, -0.15) is 0 Å². The second-order valence-electron chi connectivity index (χ2n) is 11.1. The highest BCUT2D eigenvalue weighted by molar-refractivity contribution is 5.69. The number of carbonyl (C=O) groups is 1. The first-order valence-electron chi connectivity index (χ1n) is 14.1. The number of carboxylic acids is 1. The number of nitrogens with one attached hydrogen (secondary N) is 1. The maximum absolute atomic E-state index is 13.6. The molecule has 0 spiro atoms. The van der Waals surface area contributed by atoms with Gasteiger partial charge < -0.3 is 25.0 Å². The molecule has 0 aromatic heterocycles. The number of benzene rings is 2. The largest absolute Gasteiger partial charge is 0.497 e. The topological polar surface area (TPSA) is 88.0 Å². The van der Waals surface area contributed by atoms with Gasteiger partial charge in [-0.15, -0.1) is 0 Å². The van der Waals surface area contributed by atoms with Crippen molar-refractivity contribution in [2.75, 3.05) is 7.11 Å². The number of ether oxygens (including phenoxy) is 2. The molecule has 208 valence electrons. The van der Waals surface area contributed by atoms with E-state index in [1.165, 1.54) is 76.3 Å². The average Bonchev–Trinajstić information content (AvgIpc) is 2.91. The van der Waals surface area contributed by atoms with Crippen LogP contribution in [-0.2, 0) is 16.8 Å². The van der Waals surface area contributed by atoms with Crippen molar-refractivity contribution in [2.45, 2.75) is 107 Å². The fourth-order valence-electron chi connectivity index (χ4n) is 6.10. The molecule has 2 saturated carbocycles. The molecule has 0 amide bonds. The molecule has 2 fully saturated rings. The van der Waals surface area contributed by atoms with Crippen molar-refractivity contribution in [2.24, 2.45) is 0 Å². The van der Waals surface area contributed by atoms with Gasteiger partial charge in [0.15, 0.2) is 0 Å². The van der Waals surface area contributed by atoms with Crippen LogP contribution in [0, 0.1) is 5.82 Å². The van der Waals surface area contributed by atoms with Crippen LogP contribution in [0.3, 0.4) is 0 Å². The highest BCUT2D eigenvalue weighted by Crippen LogP contribution is 2.42. The molecule has 38 heavy (non-hydrogen) atoms. The van der Waals surface area contributed by atoms with E-state index in [1.807, 2.05) is 24.3 Å². The maximum Gasteiger partial charge on any atom is 0.306 e. The van der Waals surface area contributed by atoms with Gasteiger partial charge in [0.1, 0.15) is 29.0 Å². The van der Waals surface area contributed by atoms with E-state index in [9.17, 15) is 14.3 Å². The standard InChI is InChI=1S/C19H19FO5.C12H23N/c1-24-14-5-2-12(3-6-14)8-15-10-19(23,11-18(21)22)16-9-13(20)4-7-17(16)25-15;1-3-7-11(8-4-1)13-12-9-5-2-6-10-12/h2-7,9,15,23H,8,10-11H2,1H3,(H,21,22);11-13H,1-10H2/t15-,19-;/m1./s1. The Bertz CT molecular complexity index is 1020. The van der Waals surface area contributed by atoms with Gasteiger partial charge >= 0.3 is 5.97 Å². The van der Waals surface area contributed by atoms with Crippen LogP contribution in [0.15, 0.2) is 42.5 Å². The lowest BCUT2D eigenvalue weighted by atomic mass is 9.81. The number of aliphatic hydroxyl groups is 1. The van der Waals surface area contributed by atoms with E-state index in [4.69, 9.17) is 14.6 Å². The monoisotopic (exact) mass is 527 g/mol. The summed E-state index contributed by atoms with van der Waals surface area (Å²) < 4.78 is 24.6. The molecular weight excluding hydrogens is 485 g/mol. The van der Waals surface area contributed by atoms with Gasteiger partial charge in [-0.05, 0) is 61.6 Å². The molecule has 0 radical (unpaired) electrons. The summed E-state index contributed by atoms with van der Waals surface area (Å²) in [5, 5.41) is 23.9. The minimum absolute atomic E-state index is 0.0712. The first-order chi connectivity index (χ1) is 18.3. The fourth-order valence-corrected chi connectivity index (χ4v) is 6.10. The Balaban J connectivity index is 0.000000216. The van der Waals surface area contributed by atoms with Crippen molar-refractivity contribution in [1.82, 2.24) is 5.32 Å². The summed E-state index contributed by atoms with van der Waals surface area (Å²) in [5.41, 5.74) is -0.520. The Kier molecular flexibility index (Phi) is 10.0. The van der Waals surface area contributed by atoms with Gasteiger partial charge in [0.2, 0.25) is 0 Å². The molecule has 0 saturated heterocycles. The van der Waals surface area contributed by atoms with Gasteiger partial charge in [0.05, 0.1) is 13.5 Å². The highest BCUT2D eigenvalue weighted by atomic mass is 19.1. The molecule has 5 rings (SSSR count). The Morgan fingerprint density at radius 1 is 1.00 bits per heavy atom. The van der Waals surface area contributed by atoms with Crippen molar-refractivity contribution < 1.29 is 28.9 Å². The molecule has 2 aliphatic carbocycles. The smallest absolute Gasteiger partial charge is 0.306 e. The van der Waals surface area contributed by atoms with Crippen LogP contribution < -0.4 is 14.8 Å². The molecule has 6 nitrogen and oxygen atoms in total. The van der Waals surface area contributed by atoms with E-state index in [-0.39, 0.29) is 12.0 Å². The van der Waals surface area contributed by atoms with Crippen LogP contribution >= 0.6 is 0 Å². The molecule has 3 N–H and O–H groups in total. The van der Waals surface area contributed by atoms with Gasteiger partial charge in [-0.25, -0.2) is 4.39 Å². The van der Waals surface area contributed by atoms with Gasteiger partial charge in [0, 0.05) is 30.5 Å². The second kappa shape index (κ2) is 13.4. The van der Waals surface area contributed by atoms with Crippen molar-refractivity contribution in [3.05, 3.63) is 59.4 Å². The average molecular weight is 528 g/mol. The van der Waals surface area contributed by atoms with Gasteiger partial charge in [-0.1, -0.05) is 50.7 Å². The number of rotatable bonds is 7. The summed E-state index contributed by atoms with van der Waals surface area (Å²) in [6, 6.07) is 13.0. The van der Waals surface area contributed by atoms with Crippen LogP contribution in [0.4, 0.5) is 4.39 Å². The molecule has 3 aliphatic rings. The fraction of sp³-hybridized carbons (Fsp3) is 0.581. The summed E-state index contributed by atoms with van der Waals surface area (Å²) in [7, 11) is 1.58. The van der Waals surface area contributed by atoms with E-state index in [1.54, 1.807) is 7.11 Å². The van der Waals surface area contributed by atoms with Crippen LogP contribution in [0.2, 0.25) is 0 Å². The number of halogens is 1. The van der Waals surface area contributed by atoms with E-state index in [0.717, 1.165) is 29.5 Å². The van der Waals surface area contributed by atoms with Crippen LogP contribution in [0.25, 0.3) is 0 Å². The highest BCUT2D eigenvalue weighted by Gasteiger charge is 2.42. The lowest BCUT2D eigenvalue weighted by Gasteiger charge is -2.38. The molecular formula is C31H42FNO5. The predicted molar refractivity (Wildman–Crippen MR) is 145 cm³/mol. The molecule has 2 aromatic rings. The van der Waals surface area contributed by atoms with E-state index in [2.05, 4.69) is 5.32 Å². The SMILES string of the molecule is C1CCC(NC2CCCCC2)CC1.COc1ccc(C[C@@H]2C[C@@](O)(CC(=O)O)c3cc(F)ccc3O2)cc1. The third kappa shape index (κ3) is 7.93. The number of fused-ring (bicyclic) bond motifs is 1. The molecule has 0 unspecified atom stereocenters. The van der Waals surface area contributed by atoms with Gasteiger partial charge in [-0.3, -0.25) is 4.79 Å². The normalized spacial score (nSPS) is 23.9. The first kappa shape index (κ1) is 28.4. The maximum atomic E-state index is 13.6. The Hall–Kier alpha value is -2.64. The molecule has 0 bridgehead atoms. The van der Waals surface area contributed by atoms with Crippen molar-refractivity contribution in [3.8, 4) is 11.5 Å². The first-order valence-corrected chi connectivity index (χ1v) is 14.1. The summed E-state index contributed by atoms with van der Waals surface area (Å²) in [6.45, 7) is 0. The van der Waals surface area contributed by atoms with Crippen LogP contribution in [-0.4, -0.2) is 41.5 Å². The zero-order chi connectivity index (χ0) is 27.0. The molecule has 1 heterocycles. The summed E-state index contributed by atoms with van der Waals surface area (Å²) in [5.74, 6) is -0.644. The lowest BCUT2D eigenvalue weighted by Crippen LogP contribution is -2.41. The Labute approximate surface area is 225 Å². The van der Waals surface area contributed by atoms with Crippen LogP contribution in [0.5, 0.6) is 11.5 Å². The summed E-state index contributed by atoms with van der Waals surface area (Å²) >= 11 is 0. The van der Waals surface area contributed by atoms with E-state index >= 15 is 0 Å². The zero-order valence-electron chi connectivity index (χ0n) is 22.5. The summed E-state index contributed by atoms with van der Waals surface area (Å²) in [4.78, 5) is 11.2. The van der Waals surface area contributed by atoms with E-state index in [0.29, 0.717) is 12.2 Å². The van der Waals surface area contributed by atoms with Crippen molar-refractivity contribution in [3.63, 3.8) is 0 Å². The molecule has 2 atom stereocenters. The Morgan fingerprint density at radius 3 is 2.16 bits per heavy atom. The number of hydrogen-bond acceptors (Lipinski definition) is 5. The van der Waals surface area contributed by atoms with Crippen molar-refractivity contribution >= 4 is 5.97 Å². The minimum Gasteiger partial charge on any atom is -0.497 e. The third-order valence-electron chi connectivity index (χ3n) is 8.05. The molecule has 1 aliphatic heterocycles. The Morgan fingerprint density at radius 2 is 1.61 bits per heavy atom. The number of methoxy groups -OCH3 is 1. The molecule has 2 aromatic carbocycles. The quantitative estimate of drug-likeness (QED) is 0.401. The van der Waals surface area contributed by atoms with Crippen LogP contribution in [0.1, 0.15) is 88.2 Å². The lowest BCUT2D eigenvalue weighted by molar-refractivity contribution is -0.145. The number of hydrogen-bond donors (Lipinski definition) is 3. The van der Waals surface area contributed by atoms with Crippen molar-refractivity contribution in [1.29, 1.82) is 0 Å². The molecule has 7 heteroatoms.